The highest BCUT2D eigenvalue weighted by atomic mass is 16.5. The Morgan fingerprint density at radius 3 is 2.52 bits per heavy atom. The second kappa shape index (κ2) is 9.04. The summed E-state index contributed by atoms with van der Waals surface area (Å²) in [5.41, 5.74) is 0.890. The van der Waals surface area contributed by atoms with Gasteiger partial charge in [-0.05, 0) is 30.7 Å². The van der Waals surface area contributed by atoms with Crippen LogP contribution in [0.2, 0.25) is 0 Å². The van der Waals surface area contributed by atoms with E-state index in [0.717, 1.165) is 18.4 Å². The smallest absolute Gasteiger partial charge is 0.253 e. The molecule has 4 heteroatoms. The van der Waals surface area contributed by atoms with Crippen molar-refractivity contribution in [2.75, 3.05) is 6.54 Å². The van der Waals surface area contributed by atoms with Crippen LogP contribution in [0.15, 0.2) is 30.3 Å². The molecule has 1 aromatic rings. The predicted molar refractivity (Wildman–Crippen MR) is 91.0 cm³/mol. The van der Waals surface area contributed by atoms with Crippen LogP contribution in [0.1, 0.15) is 57.6 Å². The Hall–Kier alpha value is -1.39. The highest BCUT2D eigenvalue weighted by molar-refractivity contribution is 5.82. The maximum Gasteiger partial charge on any atom is 0.253 e. The van der Waals surface area contributed by atoms with Gasteiger partial charge in [-0.15, -0.1) is 0 Å². The predicted octanol–water partition coefficient (Wildman–Crippen LogP) is 3.21. The van der Waals surface area contributed by atoms with Crippen molar-refractivity contribution in [3.05, 3.63) is 35.9 Å². The maximum absolute atomic E-state index is 12.6. The molecule has 0 aromatic heterocycles. The quantitative estimate of drug-likeness (QED) is 0.773. The minimum Gasteiger partial charge on any atom is -0.393 e. The van der Waals surface area contributed by atoms with E-state index in [-0.39, 0.29) is 24.0 Å². The van der Waals surface area contributed by atoms with E-state index in [1.807, 2.05) is 44.2 Å². The zero-order chi connectivity index (χ0) is 16.7. The Kier molecular flexibility index (Phi) is 7.06. The van der Waals surface area contributed by atoms with E-state index in [4.69, 9.17) is 4.74 Å². The molecule has 128 valence electrons. The first kappa shape index (κ1) is 18.0. The number of ether oxygens (including phenoxy) is 1. The van der Waals surface area contributed by atoms with Crippen molar-refractivity contribution in [3.8, 4) is 0 Å². The number of aliphatic hydroxyl groups excluding tert-OH is 1. The van der Waals surface area contributed by atoms with Gasteiger partial charge in [0.25, 0.3) is 5.91 Å². The minimum absolute atomic E-state index is 0.112. The zero-order valence-corrected chi connectivity index (χ0v) is 14.2. The molecule has 2 atom stereocenters. The fourth-order valence-electron chi connectivity index (χ4n) is 2.91. The van der Waals surface area contributed by atoms with Gasteiger partial charge in [-0.2, -0.15) is 0 Å². The third kappa shape index (κ3) is 5.63. The van der Waals surface area contributed by atoms with E-state index in [1.54, 1.807) is 0 Å². The van der Waals surface area contributed by atoms with Crippen molar-refractivity contribution in [3.63, 3.8) is 0 Å². The third-order valence-corrected chi connectivity index (χ3v) is 4.48. The van der Waals surface area contributed by atoms with Gasteiger partial charge in [-0.1, -0.05) is 57.0 Å². The van der Waals surface area contributed by atoms with Gasteiger partial charge in [0.15, 0.2) is 6.10 Å². The van der Waals surface area contributed by atoms with Crippen LogP contribution in [0.5, 0.6) is 0 Å². The summed E-state index contributed by atoms with van der Waals surface area (Å²) in [6.07, 6.45) is 4.20. The summed E-state index contributed by atoms with van der Waals surface area (Å²) < 4.78 is 6.09. The first-order valence-electron chi connectivity index (χ1n) is 8.74. The molecule has 1 aliphatic carbocycles. The van der Waals surface area contributed by atoms with E-state index in [2.05, 4.69) is 5.32 Å². The SMILES string of the molecule is CC(C)C(O)CCNC(=O)C(OC1CCCC1)c1ccccc1. The lowest BCUT2D eigenvalue weighted by molar-refractivity contribution is -0.137. The number of benzene rings is 1. The van der Waals surface area contributed by atoms with E-state index < -0.39 is 6.10 Å². The number of amides is 1. The number of aliphatic hydroxyl groups is 1. The molecule has 0 saturated heterocycles. The van der Waals surface area contributed by atoms with Gasteiger partial charge < -0.3 is 15.2 Å². The molecular formula is C19H29NO3. The number of carbonyl (C=O) groups is 1. The summed E-state index contributed by atoms with van der Waals surface area (Å²) in [6, 6.07) is 9.66. The molecule has 2 N–H and O–H groups in total. The molecule has 0 radical (unpaired) electrons. The van der Waals surface area contributed by atoms with Crippen LogP contribution in [0, 0.1) is 5.92 Å². The standard InChI is InChI=1S/C19H29NO3/c1-14(2)17(21)12-13-20-19(22)18(15-8-4-3-5-9-15)23-16-10-6-7-11-16/h3-5,8-9,14,16-18,21H,6-7,10-13H2,1-2H3,(H,20,22). The summed E-state index contributed by atoms with van der Waals surface area (Å²) in [5.74, 6) is 0.0885. The normalized spacial score (nSPS) is 18.1. The topological polar surface area (TPSA) is 58.6 Å². The molecule has 2 rings (SSSR count). The molecular weight excluding hydrogens is 290 g/mol. The van der Waals surface area contributed by atoms with Crippen molar-refractivity contribution in [2.24, 2.45) is 5.92 Å². The van der Waals surface area contributed by atoms with Gasteiger partial charge in [0.05, 0.1) is 12.2 Å². The van der Waals surface area contributed by atoms with Crippen LogP contribution in [-0.2, 0) is 9.53 Å². The largest absolute Gasteiger partial charge is 0.393 e. The number of hydrogen-bond donors (Lipinski definition) is 2. The molecule has 1 fully saturated rings. The van der Waals surface area contributed by atoms with Crippen LogP contribution in [0.3, 0.4) is 0 Å². The molecule has 2 unspecified atom stereocenters. The lowest BCUT2D eigenvalue weighted by Gasteiger charge is -2.22. The number of nitrogens with one attached hydrogen (secondary N) is 1. The van der Waals surface area contributed by atoms with Gasteiger partial charge >= 0.3 is 0 Å². The van der Waals surface area contributed by atoms with Gasteiger partial charge in [0.1, 0.15) is 0 Å². The van der Waals surface area contributed by atoms with E-state index in [0.29, 0.717) is 13.0 Å². The third-order valence-electron chi connectivity index (χ3n) is 4.48. The molecule has 0 spiro atoms. The molecule has 0 heterocycles. The summed E-state index contributed by atoms with van der Waals surface area (Å²) >= 11 is 0. The van der Waals surface area contributed by atoms with E-state index in [9.17, 15) is 9.90 Å². The van der Waals surface area contributed by atoms with Crippen molar-refractivity contribution in [2.45, 2.75) is 64.3 Å². The van der Waals surface area contributed by atoms with E-state index in [1.165, 1.54) is 12.8 Å². The molecule has 1 aliphatic rings. The van der Waals surface area contributed by atoms with Crippen LogP contribution >= 0.6 is 0 Å². The molecule has 23 heavy (non-hydrogen) atoms. The molecule has 1 saturated carbocycles. The highest BCUT2D eigenvalue weighted by Gasteiger charge is 2.27. The summed E-state index contributed by atoms with van der Waals surface area (Å²) in [7, 11) is 0. The van der Waals surface area contributed by atoms with Gasteiger partial charge in [0, 0.05) is 6.54 Å². The summed E-state index contributed by atoms with van der Waals surface area (Å²) in [4.78, 5) is 12.6. The van der Waals surface area contributed by atoms with E-state index >= 15 is 0 Å². The number of hydrogen-bond acceptors (Lipinski definition) is 3. The molecule has 0 aliphatic heterocycles. The summed E-state index contributed by atoms with van der Waals surface area (Å²) in [6.45, 7) is 4.42. The first-order chi connectivity index (χ1) is 11.1. The van der Waals surface area contributed by atoms with Gasteiger partial charge in [0.2, 0.25) is 0 Å². The minimum atomic E-state index is -0.560. The Morgan fingerprint density at radius 2 is 1.91 bits per heavy atom. The number of rotatable bonds is 8. The lowest BCUT2D eigenvalue weighted by Crippen LogP contribution is -2.35. The second-order valence-electron chi connectivity index (χ2n) is 6.72. The average molecular weight is 319 g/mol. The second-order valence-corrected chi connectivity index (χ2v) is 6.72. The fourth-order valence-corrected chi connectivity index (χ4v) is 2.91. The molecule has 1 aromatic carbocycles. The van der Waals surface area contributed by atoms with Crippen LogP contribution < -0.4 is 5.32 Å². The number of carbonyl (C=O) groups excluding carboxylic acids is 1. The van der Waals surface area contributed by atoms with Crippen LogP contribution in [-0.4, -0.2) is 29.8 Å². The molecule has 1 amide bonds. The lowest BCUT2D eigenvalue weighted by atomic mass is 10.0. The Labute approximate surface area is 139 Å². The van der Waals surface area contributed by atoms with Crippen LogP contribution in [0.4, 0.5) is 0 Å². The Bertz CT molecular complexity index is 469. The average Bonchev–Trinajstić information content (AvgIpc) is 3.06. The summed E-state index contributed by atoms with van der Waals surface area (Å²) in [5, 5.41) is 12.8. The monoisotopic (exact) mass is 319 g/mol. The molecule has 0 bridgehead atoms. The van der Waals surface area contributed by atoms with Crippen molar-refractivity contribution in [1.29, 1.82) is 0 Å². The Balaban J connectivity index is 1.94. The zero-order valence-electron chi connectivity index (χ0n) is 14.2. The molecule has 4 nitrogen and oxygen atoms in total. The Morgan fingerprint density at radius 1 is 1.26 bits per heavy atom. The van der Waals surface area contributed by atoms with Crippen LogP contribution in [0.25, 0.3) is 0 Å². The van der Waals surface area contributed by atoms with Crippen molar-refractivity contribution in [1.82, 2.24) is 5.32 Å². The van der Waals surface area contributed by atoms with Crippen molar-refractivity contribution < 1.29 is 14.6 Å². The highest BCUT2D eigenvalue weighted by Crippen LogP contribution is 2.28. The van der Waals surface area contributed by atoms with Gasteiger partial charge in [-0.25, -0.2) is 0 Å². The van der Waals surface area contributed by atoms with Crippen molar-refractivity contribution >= 4 is 5.91 Å². The first-order valence-corrected chi connectivity index (χ1v) is 8.74. The van der Waals surface area contributed by atoms with Gasteiger partial charge in [-0.3, -0.25) is 4.79 Å². The maximum atomic E-state index is 12.6. The fraction of sp³-hybridized carbons (Fsp3) is 0.632.